The van der Waals surface area contributed by atoms with Crippen LogP contribution in [0.5, 0.6) is 0 Å². The Labute approximate surface area is 240 Å². The van der Waals surface area contributed by atoms with E-state index in [4.69, 9.17) is 23.2 Å². The van der Waals surface area contributed by atoms with Gasteiger partial charge in [0.2, 0.25) is 11.8 Å². The summed E-state index contributed by atoms with van der Waals surface area (Å²) in [7, 11) is -4.13. The van der Waals surface area contributed by atoms with Crippen molar-refractivity contribution < 1.29 is 18.0 Å². The fourth-order valence-electron chi connectivity index (χ4n) is 4.23. The van der Waals surface area contributed by atoms with Gasteiger partial charge in [0.15, 0.2) is 0 Å². The molecule has 2 amide bonds. The summed E-state index contributed by atoms with van der Waals surface area (Å²) in [6.07, 6.45) is 0.294. The number of nitrogens with one attached hydrogen (secondary N) is 1. The summed E-state index contributed by atoms with van der Waals surface area (Å²) in [4.78, 5) is 28.7. The molecule has 0 heterocycles. The number of nitrogens with zero attached hydrogens (tertiary/aromatic N) is 2. The normalized spacial score (nSPS) is 12.2. The van der Waals surface area contributed by atoms with E-state index >= 15 is 0 Å². The molecule has 3 aromatic rings. The highest BCUT2D eigenvalue weighted by Crippen LogP contribution is 2.29. The molecule has 0 unspecified atom stereocenters. The number of carbonyl (C=O) groups excluding carboxylic acids is 2. The Bertz CT molecular complexity index is 1390. The summed E-state index contributed by atoms with van der Waals surface area (Å²) in [6, 6.07) is 18.8. The van der Waals surface area contributed by atoms with Gasteiger partial charge in [-0.15, -0.1) is 0 Å². The van der Waals surface area contributed by atoms with E-state index < -0.39 is 28.5 Å². The maximum Gasteiger partial charge on any atom is 0.264 e. The lowest BCUT2D eigenvalue weighted by Crippen LogP contribution is -2.53. The second-order valence-electron chi connectivity index (χ2n) is 9.42. The van der Waals surface area contributed by atoms with E-state index in [2.05, 4.69) is 5.32 Å². The zero-order valence-electron chi connectivity index (χ0n) is 22.4. The third-order valence-electron chi connectivity index (χ3n) is 6.20. The second kappa shape index (κ2) is 13.3. The van der Waals surface area contributed by atoms with Gasteiger partial charge in [-0.3, -0.25) is 13.9 Å². The highest BCUT2D eigenvalue weighted by molar-refractivity contribution is 7.92. The van der Waals surface area contributed by atoms with Gasteiger partial charge in [-0.1, -0.05) is 72.6 Å². The van der Waals surface area contributed by atoms with Crippen molar-refractivity contribution in [3.05, 3.63) is 94.0 Å². The van der Waals surface area contributed by atoms with Crippen LogP contribution in [-0.2, 0) is 26.2 Å². The molecule has 0 bridgehead atoms. The van der Waals surface area contributed by atoms with E-state index in [0.29, 0.717) is 33.3 Å². The van der Waals surface area contributed by atoms with Crippen LogP contribution in [-0.4, -0.2) is 43.8 Å². The minimum atomic E-state index is -4.13. The zero-order chi connectivity index (χ0) is 28.7. The van der Waals surface area contributed by atoms with Gasteiger partial charge in [-0.25, -0.2) is 8.42 Å². The predicted octanol–water partition coefficient (Wildman–Crippen LogP) is 5.83. The fourth-order valence-corrected chi connectivity index (χ4v) is 6.25. The van der Waals surface area contributed by atoms with E-state index in [1.165, 1.54) is 17.0 Å². The number of rotatable bonds is 11. The number of aryl methyl sites for hydroxylation is 1. The first-order chi connectivity index (χ1) is 18.5. The molecule has 1 atom stereocenters. The van der Waals surface area contributed by atoms with Crippen molar-refractivity contribution in [3.63, 3.8) is 0 Å². The minimum absolute atomic E-state index is 0.0475. The number of anilines is 1. The molecule has 0 aliphatic heterocycles. The van der Waals surface area contributed by atoms with Crippen LogP contribution in [0.25, 0.3) is 0 Å². The topological polar surface area (TPSA) is 86.8 Å². The number of halogens is 2. The van der Waals surface area contributed by atoms with Gasteiger partial charge < -0.3 is 10.2 Å². The Balaban J connectivity index is 2.11. The molecule has 0 saturated heterocycles. The second-order valence-corrected chi connectivity index (χ2v) is 12.1. The van der Waals surface area contributed by atoms with E-state index in [0.717, 1.165) is 4.31 Å². The minimum Gasteiger partial charge on any atom is -0.352 e. The number of benzene rings is 3. The predicted molar refractivity (Wildman–Crippen MR) is 157 cm³/mol. The monoisotopic (exact) mass is 589 g/mol. The van der Waals surface area contributed by atoms with Crippen LogP contribution >= 0.6 is 23.2 Å². The molecular formula is C29H33Cl2N3O4S. The largest absolute Gasteiger partial charge is 0.352 e. The first-order valence-electron chi connectivity index (χ1n) is 12.6. The number of carbonyl (C=O) groups is 2. The third-order valence-corrected chi connectivity index (χ3v) is 8.68. The van der Waals surface area contributed by atoms with Crippen LogP contribution in [0.2, 0.25) is 10.0 Å². The number of hydrogen-bond acceptors (Lipinski definition) is 4. The molecule has 3 rings (SSSR count). The molecule has 0 aliphatic carbocycles. The maximum atomic E-state index is 14.1. The lowest BCUT2D eigenvalue weighted by Gasteiger charge is -2.34. The molecule has 7 nitrogen and oxygen atoms in total. The van der Waals surface area contributed by atoms with Crippen molar-refractivity contribution in [1.82, 2.24) is 10.2 Å². The van der Waals surface area contributed by atoms with Crippen LogP contribution in [0.1, 0.15) is 38.3 Å². The first kappa shape index (κ1) is 30.5. The van der Waals surface area contributed by atoms with E-state index in [1.54, 1.807) is 74.5 Å². The van der Waals surface area contributed by atoms with Gasteiger partial charge in [-0.05, 0) is 63.1 Å². The molecule has 1 N–H and O–H groups in total. The lowest BCUT2D eigenvalue weighted by molar-refractivity contribution is -0.140. The van der Waals surface area contributed by atoms with Crippen molar-refractivity contribution in [2.24, 2.45) is 0 Å². The van der Waals surface area contributed by atoms with Crippen molar-refractivity contribution >= 4 is 50.7 Å². The SMILES string of the molecule is CC[C@@H](C(=O)NC(C)C)N(Cc1c(Cl)cccc1Cl)C(=O)CN(c1ccccc1C)S(=O)(=O)c1ccccc1. The van der Waals surface area contributed by atoms with Gasteiger partial charge in [0, 0.05) is 28.2 Å². The number of sulfonamides is 1. The number of hydrogen-bond donors (Lipinski definition) is 1. The zero-order valence-corrected chi connectivity index (χ0v) is 24.7. The van der Waals surface area contributed by atoms with E-state index in [9.17, 15) is 18.0 Å². The summed E-state index contributed by atoms with van der Waals surface area (Å²) < 4.78 is 28.8. The van der Waals surface area contributed by atoms with Crippen LogP contribution < -0.4 is 9.62 Å². The Morgan fingerprint density at radius 1 is 0.897 bits per heavy atom. The molecule has 0 fully saturated rings. The van der Waals surface area contributed by atoms with Gasteiger partial charge >= 0.3 is 0 Å². The van der Waals surface area contributed by atoms with Crippen LogP contribution in [0.3, 0.4) is 0 Å². The summed E-state index contributed by atoms with van der Waals surface area (Å²) in [5.41, 5.74) is 1.51. The molecule has 208 valence electrons. The molecule has 3 aromatic carbocycles. The Morgan fingerprint density at radius 2 is 1.49 bits per heavy atom. The molecule has 0 saturated carbocycles. The molecule has 0 aromatic heterocycles. The van der Waals surface area contributed by atoms with E-state index in [-0.39, 0.29) is 23.4 Å². The van der Waals surface area contributed by atoms with Crippen molar-refractivity contribution in [1.29, 1.82) is 0 Å². The van der Waals surface area contributed by atoms with Crippen molar-refractivity contribution in [2.75, 3.05) is 10.8 Å². The van der Waals surface area contributed by atoms with Gasteiger partial charge in [-0.2, -0.15) is 0 Å². The van der Waals surface area contributed by atoms with Crippen LogP contribution in [0.4, 0.5) is 5.69 Å². The fraction of sp³-hybridized carbons (Fsp3) is 0.310. The maximum absolute atomic E-state index is 14.1. The summed E-state index contributed by atoms with van der Waals surface area (Å²) in [5.74, 6) is -0.920. The summed E-state index contributed by atoms with van der Waals surface area (Å²) in [5, 5.41) is 3.54. The lowest BCUT2D eigenvalue weighted by atomic mass is 10.1. The van der Waals surface area contributed by atoms with E-state index in [1.807, 2.05) is 13.8 Å². The molecule has 0 radical (unpaired) electrons. The average Bonchev–Trinajstić information content (AvgIpc) is 2.89. The first-order valence-corrected chi connectivity index (χ1v) is 14.8. The van der Waals surface area contributed by atoms with Crippen molar-refractivity contribution in [3.8, 4) is 0 Å². The standard InChI is InChI=1S/C29H33Cl2N3O4S/c1-5-26(29(36)32-20(2)3)33(18-23-24(30)15-11-16-25(23)31)28(35)19-34(27-17-10-9-12-21(27)4)39(37,38)22-13-7-6-8-14-22/h6-17,20,26H,5,18-19H2,1-4H3,(H,32,36)/t26-/m0/s1. The Hall–Kier alpha value is -3.07. The van der Waals surface area contributed by atoms with Crippen molar-refractivity contribution in [2.45, 2.75) is 57.6 Å². The van der Waals surface area contributed by atoms with Crippen LogP contribution in [0.15, 0.2) is 77.7 Å². The molecule has 10 heteroatoms. The highest BCUT2D eigenvalue weighted by Gasteiger charge is 2.34. The highest BCUT2D eigenvalue weighted by atomic mass is 35.5. The molecule has 0 aliphatic rings. The number of amides is 2. The summed E-state index contributed by atoms with van der Waals surface area (Å²) in [6.45, 7) is 6.62. The molecule has 0 spiro atoms. The summed E-state index contributed by atoms with van der Waals surface area (Å²) >= 11 is 12.9. The van der Waals surface area contributed by atoms with Gasteiger partial charge in [0.1, 0.15) is 12.6 Å². The molecular weight excluding hydrogens is 557 g/mol. The Kier molecular flexibility index (Phi) is 10.4. The quantitative estimate of drug-likeness (QED) is 0.305. The van der Waals surface area contributed by atoms with Gasteiger partial charge in [0.25, 0.3) is 10.0 Å². The third kappa shape index (κ3) is 7.32. The van der Waals surface area contributed by atoms with Gasteiger partial charge in [0.05, 0.1) is 10.6 Å². The molecule has 39 heavy (non-hydrogen) atoms. The Morgan fingerprint density at radius 3 is 2.05 bits per heavy atom. The van der Waals surface area contributed by atoms with Crippen LogP contribution in [0, 0.1) is 6.92 Å². The smallest absolute Gasteiger partial charge is 0.264 e. The average molecular weight is 591 g/mol. The number of para-hydroxylation sites is 1.